The largest absolute Gasteiger partial charge is 0.449 e. The van der Waals surface area contributed by atoms with E-state index in [2.05, 4.69) is 47.6 Å². The highest BCUT2D eigenvalue weighted by Gasteiger charge is 2.28. The van der Waals surface area contributed by atoms with Gasteiger partial charge in [0.15, 0.2) is 0 Å². The lowest BCUT2D eigenvalue weighted by Crippen LogP contribution is -2.34. The second kappa shape index (κ2) is 11.6. The number of piperidine rings is 1. The quantitative estimate of drug-likeness (QED) is 0.382. The zero-order chi connectivity index (χ0) is 24.8. The molecule has 7 heteroatoms. The first kappa shape index (κ1) is 25.1. The van der Waals surface area contributed by atoms with Crippen LogP contribution in [-0.2, 0) is 4.74 Å². The first-order chi connectivity index (χ1) is 16.9. The summed E-state index contributed by atoms with van der Waals surface area (Å²) in [6.45, 7) is 2.32. The van der Waals surface area contributed by atoms with Gasteiger partial charge in [0.2, 0.25) is 0 Å². The summed E-state index contributed by atoms with van der Waals surface area (Å²) >= 11 is 12.1. The highest BCUT2D eigenvalue weighted by Crippen LogP contribution is 2.34. The minimum Gasteiger partial charge on any atom is -0.449 e. The van der Waals surface area contributed by atoms with Crippen molar-refractivity contribution >= 4 is 35.0 Å². The van der Waals surface area contributed by atoms with E-state index in [1.165, 1.54) is 0 Å². The Morgan fingerprint density at radius 3 is 2.40 bits per heavy atom. The van der Waals surface area contributed by atoms with Gasteiger partial charge in [0, 0.05) is 21.7 Å². The van der Waals surface area contributed by atoms with Crippen LogP contribution in [0.15, 0.2) is 66.7 Å². The van der Waals surface area contributed by atoms with Crippen LogP contribution in [0, 0.1) is 17.2 Å². The number of hydrogen-bond acceptors (Lipinski definition) is 4. The summed E-state index contributed by atoms with van der Waals surface area (Å²) in [5, 5.41) is 12.8. The van der Waals surface area contributed by atoms with Crippen LogP contribution in [-0.4, -0.2) is 37.7 Å². The van der Waals surface area contributed by atoms with Gasteiger partial charge in [-0.05, 0) is 85.9 Å². The minimum atomic E-state index is -0.536. The smallest absolute Gasteiger partial charge is 0.411 e. The molecule has 0 aromatic heterocycles. The second-order valence-corrected chi connectivity index (χ2v) is 9.82. The summed E-state index contributed by atoms with van der Waals surface area (Å²) in [7, 11) is 2.13. The molecule has 4 rings (SSSR count). The molecule has 3 aromatic carbocycles. The molecule has 1 aliphatic heterocycles. The van der Waals surface area contributed by atoms with Gasteiger partial charge in [-0.25, -0.2) is 4.79 Å². The molecule has 0 bridgehead atoms. The molecule has 35 heavy (non-hydrogen) atoms. The number of carbonyl (C=O) groups is 1. The van der Waals surface area contributed by atoms with E-state index in [4.69, 9.17) is 27.9 Å². The Hall–Kier alpha value is -3.04. The Bertz CT molecular complexity index is 1200. The number of nitrogens with zero attached hydrogens (tertiary/aromatic N) is 2. The molecule has 0 spiro atoms. The third-order valence-corrected chi connectivity index (χ3v) is 6.94. The number of rotatable bonds is 6. The van der Waals surface area contributed by atoms with Gasteiger partial charge < -0.3 is 9.64 Å². The normalized spacial score (nSPS) is 15.3. The summed E-state index contributed by atoms with van der Waals surface area (Å²) in [4.78, 5) is 14.9. The van der Waals surface area contributed by atoms with Crippen molar-refractivity contribution in [3.8, 4) is 17.2 Å². The van der Waals surface area contributed by atoms with Gasteiger partial charge in [0.05, 0.1) is 11.6 Å². The second-order valence-electron chi connectivity index (χ2n) is 8.94. The lowest BCUT2D eigenvalue weighted by molar-refractivity contribution is 0.123. The molecule has 5 nitrogen and oxygen atoms in total. The van der Waals surface area contributed by atoms with E-state index in [0.29, 0.717) is 27.2 Å². The maximum absolute atomic E-state index is 12.6. The van der Waals surface area contributed by atoms with E-state index in [1.807, 2.05) is 18.2 Å². The molecular formula is C28H27Cl2N3O2. The highest BCUT2D eigenvalue weighted by molar-refractivity contribution is 6.35. The van der Waals surface area contributed by atoms with Crippen LogP contribution in [0.3, 0.4) is 0 Å². The van der Waals surface area contributed by atoms with Crippen molar-refractivity contribution in [2.75, 3.05) is 32.1 Å². The molecule has 1 atom stereocenters. The fourth-order valence-corrected chi connectivity index (χ4v) is 5.10. The van der Waals surface area contributed by atoms with Crippen molar-refractivity contribution in [1.82, 2.24) is 4.90 Å². The Kier molecular flexibility index (Phi) is 8.30. The van der Waals surface area contributed by atoms with E-state index in [9.17, 15) is 10.1 Å². The van der Waals surface area contributed by atoms with E-state index in [0.717, 1.165) is 42.6 Å². The maximum Gasteiger partial charge on any atom is 0.411 e. The highest BCUT2D eigenvalue weighted by atomic mass is 35.5. The number of hydrogen-bond donors (Lipinski definition) is 1. The number of nitrogens with one attached hydrogen (secondary N) is 1. The number of benzene rings is 3. The van der Waals surface area contributed by atoms with Crippen molar-refractivity contribution < 1.29 is 9.53 Å². The molecule has 180 valence electrons. The minimum absolute atomic E-state index is 0.0805. The number of amides is 1. The van der Waals surface area contributed by atoms with Gasteiger partial charge in [-0.2, -0.15) is 5.26 Å². The Morgan fingerprint density at radius 1 is 1.06 bits per heavy atom. The van der Waals surface area contributed by atoms with E-state index < -0.39 is 6.09 Å². The van der Waals surface area contributed by atoms with Crippen LogP contribution < -0.4 is 5.32 Å². The standard InChI is InChI=1S/C28H27Cl2N3O2/c1-33-11-9-22(10-12-33)27(18-35-28(34)32-26-15-24(29)14-25(30)16-26)21-7-5-20(6-8-21)23-4-2-3-19(13-23)17-31/h2-8,13-16,22,27H,9-12,18H2,1H3,(H,32,34). The Morgan fingerprint density at radius 2 is 1.74 bits per heavy atom. The van der Waals surface area contributed by atoms with Crippen molar-refractivity contribution in [2.24, 2.45) is 5.92 Å². The van der Waals surface area contributed by atoms with Gasteiger partial charge >= 0.3 is 6.09 Å². The van der Waals surface area contributed by atoms with Crippen LogP contribution in [0.4, 0.5) is 10.5 Å². The molecule has 1 saturated heterocycles. The molecule has 1 heterocycles. The van der Waals surface area contributed by atoms with Crippen molar-refractivity contribution in [3.05, 3.63) is 87.9 Å². The van der Waals surface area contributed by atoms with Crippen LogP contribution in [0.5, 0.6) is 0 Å². The lowest BCUT2D eigenvalue weighted by atomic mass is 9.80. The summed E-state index contributed by atoms with van der Waals surface area (Å²) in [5.41, 5.74) is 4.31. The number of halogens is 2. The third kappa shape index (κ3) is 6.76. The number of nitriles is 1. The predicted octanol–water partition coefficient (Wildman–Crippen LogP) is 7.21. The zero-order valence-corrected chi connectivity index (χ0v) is 21.0. The van der Waals surface area contributed by atoms with Crippen molar-refractivity contribution in [3.63, 3.8) is 0 Å². The molecule has 0 aliphatic carbocycles. The fourth-order valence-electron chi connectivity index (χ4n) is 4.57. The summed E-state index contributed by atoms with van der Waals surface area (Å²) < 4.78 is 5.68. The molecule has 0 radical (unpaired) electrons. The third-order valence-electron chi connectivity index (χ3n) is 6.50. The van der Waals surface area contributed by atoms with Crippen molar-refractivity contribution in [2.45, 2.75) is 18.8 Å². The predicted molar refractivity (Wildman–Crippen MR) is 141 cm³/mol. The first-order valence-electron chi connectivity index (χ1n) is 11.6. The molecule has 1 aliphatic rings. The van der Waals surface area contributed by atoms with Crippen LogP contribution in [0.1, 0.15) is 29.9 Å². The number of ether oxygens (including phenoxy) is 1. The summed E-state index contributed by atoms with van der Waals surface area (Å²) in [6.07, 6.45) is 1.55. The zero-order valence-electron chi connectivity index (χ0n) is 19.5. The topological polar surface area (TPSA) is 65.4 Å². The molecule has 3 aromatic rings. The van der Waals surface area contributed by atoms with Gasteiger partial charge in [-0.15, -0.1) is 0 Å². The lowest BCUT2D eigenvalue weighted by Gasteiger charge is -2.34. The van der Waals surface area contributed by atoms with E-state index in [1.54, 1.807) is 24.3 Å². The van der Waals surface area contributed by atoms with Gasteiger partial charge in [-0.3, -0.25) is 5.32 Å². The van der Waals surface area contributed by atoms with Crippen LogP contribution in [0.2, 0.25) is 10.0 Å². The van der Waals surface area contributed by atoms with Gasteiger partial charge in [0.25, 0.3) is 0 Å². The van der Waals surface area contributed by atoms with E-state index in [-0.39, 0.29) is 12.5 Å². The van der Waals surface area contributed by atoms with Gasteiger partial charge in [0.1, 0.15) is 6.61 Å². The average molecular weight is 508 g/mol. The fraction of sp³-hybridized carbons (Fsp3) is 0.286. The van der Waals surface area contributed by atoms with Crippen LogP contribution >= 0.6 is 23.2 Å². The Labute approximate surface area is 216 Å². The molecule has 0 saturated carbocycles. The summed E-state index contributed by atoms with van der Waals surface area (Å²) in [5.74, 6) is 0.490. The SMILES string of the molecule is CN1CCC(C(COC(=O)Nc2cc(Cl)cc(Cl)c2)c2ccc(-c3cccc(C#N)c3)cc2)CC1. The van der Waals surface area contributed by atoms with Gasteiger partial charge in [-0.1, -0.05) is 59.6 Å². The number of likely N-dealkylation sites (tertiary alicyclic amines) is 1. The number of carbonyl (C=O) groups excluding carboxylic acids is 1. The maximum atomic E-state index is 12.6. The molecule has 1 fully saturated rings. The Balaban J connectivity index is 1.49. The monoisotopic (exact) mass is 507 g/mol. The van der Waals surface area contributed by atoms with Crippen LogP contribution in [0.25, 0.3) is 11.1 Å². The number of anilines is 1. The van der Waals surface area contributed by atoms with E-state index >= 15 is 0 Å². The first-order valence-corrected chi connectivity index (χ1v) is 12.4. The molecule has 1 unspecified atom stereocenters. The summed E-state index contributed by atoms with van der Waals surface area (Å²) in [6, 6.07) is 23.0. The molecule has 1 amide bonds. The molecular weight excluding hydrogens is 481 g/mol. The van der Waals surface area contributed by atoms with Crippen molar-refractivity contribution in [1.29, 1.82) is 5.26 Å². The average Bonchev–Trinajstić information content (AvgIpc) is 2.85. The molecule has 1 N–H and O–H groups in total.